The third-order valence-corrected chi connectivity index (χ3v) is 4.14. The van der Waals surface area contributed by atoms with Gasteiger partial charge in [0, 0.05) is 30.5 Å². The maximum atomic E-state index is 12.4. The van der Waals surface area contributed by atoms with Crippen molar-refractivity contribution >= 4 is 17.5 Å². The average molecular weight is 311 g/mol. The Kier molecular flexibility index (Phi) is 6.00. The van der Waals surface area contributed by atoms with Gasteiger partial charge in [-0.15, -0.1) is 0 Å². The molecule has 1 aromatic heterocycles. The molecule has 2 heterocycles. The third-order valence-electron chi connectivity index (χ3n) is 3.95. The number of rotatable bonds is 5. The molecule has 4 nitrogen and oxygen atoms in total. The van der Waals surface area contributed by atoms with Gasteiger partial charge in [-0.3, -0.25) is 4.79 Å². The Morgan fingerprint density at radius 3 is 2.86 bits per heavy atom. The summed E-state index contributed by atoms with van der Waals surface area (Å²) in [5, 5.41) is 3.46. The maximum absolute atomic E-state index is 12.4. The first kappa shape index (κ1) is 16.2. The second-order valence-electron chi connectivity index (χ2n) is 5.63. The molecule has 1 N–H and O–H groups in total. The van der Waals surface area contributed by atoms with Gasteiger partial charge in [0.15, 0.2) is 0 Å². The van der Waals surface area contributed by atoms with E-state index in [4.69, 9.17) is 16.3 Å². The Morgan fingerprint density at radius 1 is 1.48 bits per heavy atom. The smallest absolute Gasteiger partial charge is 0.251 e. The van der Waals surface area contributed by atoms with Crippen molar-refractivity contribution in [2.75, 3.05) is 13.2 Å². The Labute approximate surface area is 131 Å². The average Bonchev–Trinajstić information content (AvgIpc) is 2.48. The van der Waals surface area contributed by atoms with Crippen LogP contribution < -0.4 is 5.32 Å². The van der Waals surface area contributed by atoms with E-state index in [1.165, 1.54) is 0 Å². The molecule has 2 rings (SSSR count). The highest BCUT2D eigenvalue weighted by atomic mass is 35.5. The van der Waals surface area contributed by atoms with E-state index in [2.05, 4.69) is 24.1 Å². The maximum Gasteiger partial charge on any atom is 0.251 e. The van der Waals surface area contributed by atoms with E-state index in [0.29, 0.717) is 16.6 Å². The van der Waals surface area contributed by atoms with Crippen molar-refractivity contribution in [2.24, 2.45) is 5.92 Å². The van der Waals surface area contributed by atoms with E-state index in [1.807, 2.05) is 6.07 Å². The Balaban J connectivity index is 2.01. The van der Waals surface area contributed by atoms with E-state index in [1.54, 1.807) is 6.07 Å². The second kappa shape index (κ2) is 7.76. The predicted molar refractivity (Wildman–Crippen MR) is 83.7 cm³/mol. The predicted octanol–water partition coefficient (Wildman–Crippen LogP) is 3.23. The van der Waals surface area contributed by atoms with Crippen LogP contribution in [0.1, 0.15) is 49.2 Å². The summed E-state index contributed by atoms with van der Waals surface area (Å²) in [7, 11) is 0. The van der Waals surface area contributed by atoms with Crippen molar-refractivity contribution in [3.05, 3.63) is 28.5 Å². The van der Waals surface area contributed by atoms with E-state index in [-0.39, 0.29) is 11.9 Å². The first-order valence-electron chi connectivity index (χ1n) is 7.65. The molecule has 21 heavy (non-hydrogen) atoms. The van der Waals surface area contributed by atoms with Crippen LogP contribution in [-0.2, 0) is 11.2 Å². The lowest BCUT2D eigenvalue weighted by atomic mass is 9.93. The molecule has 1 atom stereocenters. The van der Waals surface area contributed by atoms with Crippen LogP contribution in [0, 0.1) is 5.92 Å². The highest BCUT2D eigenvalue weighted by Crippen LogP contribution is 2.19. The van der Waals surface area contributed by atoms with Crippen molar-refractivity contribution in [3.63, 3.8) is 0 Å². The fourth-order valence-electron chi connectivity index (χ4n) is 2.69. The van der Waals surface area contributed by atoms with Crippen molar-refractivity contribution in [2.45, 2.75) is 45.6 Å². The number of carbonyl (C=O) groups excluding carboxylic acids is 1. The van der Waals surface area contributed by atoms with Crippen LogP contribution >= 0.6 is 11.6 Å². The summed E-state index contributed by atoms with van der Waals surface area (Å²) in [6, 6.07) is 3.61. The summed E-state index contributed by atoms with van der Waals surface area (Å²) in [5.41, 5.74) is 1.46. The summed E-state index contributed by atoms with van der Waals surface area (Å²) in [6.07, 6.45) is 3.81. The first-order chi connectivity index (χ1) is 10.1. The molecular weight excluding hydrogens is 288 g/mol. The molecular formula is C16H23ClN2O2. The molecule has 0 aromatic carbocycles. The number of carbonyl (C=O) groups is 1. The van der Waals surface area contributed by atoms with Gasteiger partial charge in [0.2, 0.25) is 0 Å². The number of halogens is 1. The second-order valence-corrected chi connectivity index (χ2v) is 6.02. The lowest BCUT2D eigenvalue weighted by Crippen LogP contribution is -2.40. The number of aromatic nitrogens is 1. The minimum Gasteiger partial charge on any atom is -0.381 e. The van der Waals surface area contributed by atoms with Crippen LogP contribution in [0.15, 0.2) is 12.1 Å². The molecule has 1 aromatic rings. The van der Waals surface area contributed by atoms with E-state index >= 15 is 0 Å². The number of nitrogens with zero attached hydrogens (tertiary/aromatic N) is 1. The topological polar surface area (TPSA) is 51.2 Å². The van der Waals surface area contributed by atoms with Crippen LogP contribution in [0.5, 0.6) is 0 Å². The van der Waals surface area contributed by atoms with Crippen LogP contribution in [-0.4, -0.2) is 30.1 Å². The van der Waals surface area contributed by atoms with Gasteiger partial charge in [0.05, 0.1) is 0 Å². The molecule has 5 heteroatoms. The van der Waals surface area contributed by atoms with Gasteiger partial charge in [0.1, 0.15) is 5.15 Å². The van der Waals surface area contributed by atoms with Crippen LogP contribution in [0.25, 0.3) is 0 Å². The highest BCUT2D eigenvalue weighted by molar-refractivity contribution is 6.29. The zero-order valence-corrected chi connectivity index (χ0v) is 13.4. The van der Waals surface area contributed by atoms with Gasteiger partial charge in [-0.1, -0.05) is 24.9 Å². The Hall–Kier alpha value is -1.13. The summed E-state index contributed by atoms with van der Waals surface area (Å²) in [5.74, 6) is 0.408. The molecule has 0 spiro atoms. The molecule has 1 aliphatic heterocycles. The molecule has 1 unspecified atom stereocenters. The molecule has 0 aliphatic carbocycles. The standard InChI is InChI=1S/C16H23ClN2O2/c1-3-4-14-9-13(10-15(17)19-14)16(20)18-11(2)12-5-7-21-8-6-12/h9-12H,3-8H2,1-2H3,(H,18,20). The van der Waals surface area contributed by atoms with Crippen molar-refractivity contribution in [3.8, 4) is 0 Å². The largest absolute Gasteiger partial charge is 0.381 e. The number of amides is 1. The number of pyridine rings is 1. The summed E-state index contributed by atoms with van der Waals surface area (Å²) in [4.78, 5) is 16.6. The minimum atomic E-state index is -0.0735. The lowest BCUT2D eigenvalue weighted by molar-refractivity contribution is 0.0538. The summed E-state index contributed by atoms with van der Waals surface area (Å²) >= 11 is 6.01. The number of nitrogens with one attached hydrogen (secondary N) is 1. The highest BCUT2D eigenvalue weighted by Gasteiger charge is 2.22. The van der Waals surface area contributed by atoms with E-state index in [9.17, 15) is 4.79 Å². The molecule has 116 valence electrons. The SMILES string of the molecule is CCCc1cc(C(=O)NC(C)C2CCOCC2)cc(Cl)n1. The monoisotopic (exact) mass is 310 g/mol. The number of hydrogen-bond donors (Lipinski definition) is 1. The quantitative estimate of drug-likeness (QED) is 0.849. The Bertz CT molecular complexity index is 487. The molecule has 1 saturated heterocycles. The van der Waals surface area contributed by atoms with Crippen molar-refractivity contribution < 1.29 is 9.53 Å². The number of ether oxygens (including phenoxy) is 1. The van der Waals surface area contributed by atoms with Crippen molar-refractivity contribution in [1.29, 1.82) is 0 Å². The van der Waals surface area contributed by atoms with Gasteiger partial charge >= 0.3 is 0 Å². The molecule has 0 bridgehead atoms. The molecule has 1 amide bonds. The van der Waals surface area contributed by atoms with Crippen molar-refractivity contribution in [1.82, 2.24) is 10.3 Å². The normalized spacial score (nSPS) is 17.5. The van der Waals surface area contributed by atoms with Crippen LogP contribution in [0.3, 0.4) is 0 Å². The minimum absolute atomic E-state index is 0.0735. The fourth-order valence-corrected chi connectivity index (χ4v) is 2.92. The molecule has 0 radical (unpaired) electrons. The zero-order valence-electron chi connectivity index (χ0n) is 12.7. The van der Waals surface area contributed by atoms with Gasteiger partial charge in [-0.2, -0.15) is 0 Å². The van der Waals surface area contributed by atoms with Gasteiger partial charge < -0.3 is 10.1 Å². The van der Waals surface area contributed by atoms with Crippen LogP contribution in [0.4, 0.5) is 0 Å². The third kappa shape index (κ3) is 4.68. The van der Waals surface area contributed by atoms with Gasteiger partial charge in [-0.25, -0.2) is 4.98 Å². The van der Waals surface area contributed by atoms with Crippen LogP contribution in [0.2, 0.25) is 5.15 Å². The zero-order chi connectivity index (χ0) is 15.2. The van der Waals surface area contributed by atoms with Gasteiger partial charge in [0.25, 0.3) is 5.91 Å². The fraction of sp³-hybridized carbons (Fsp3) is 0.625. The lowest BCUT2D eigenvalue weighted by Gasteiger charge is -2.28. The number of hydrogen-bond acceptors (Lipinski definition) is 3. The van der Waals surface area contributed by atoms with E-state index in [0.717, 1.165) is 44.6 Å². The van der Waals surface area contributed by atoms with Gasteiger partial charge in [-0.05, 0) is 44.2 Å². The number of aryl methyl sites for hydroxylation is 1. The summed E-state index contributed by atoms with van der Waals surface area (Å²) < 4.78 is 5.36. The molecule has 0 saturated carbocycles. The van der Waals surface area contributed by atoms with E-state index < -0.39 is 0 Å². The Morgan fingerprint density at radius 2 is 2.19 bits per heavy atom. The first-order valence-corrected chi connectivity index (χ1v) is 8.03. The summed E-state index contributed by atoms with van der Waals surface area (Å²) in [6.45, 7) is 5.71. The molecule has 1 fully saturated rings. The molecule has 1 aliphatic rings.